The third kappa shape index (κ3) is 7.72. The summed E-state index contributed by atoms with van der Waals surface area (Å²) in [7, 11) is 0. The maximum atomic E-state index is 12.9. The molecule has 2 aliphatic rings. The summed E-state index contributed by atoms with van der Waals surface area (Å²) in [5.74, 6) is -1.82. The normalized spacial score (nSPS) is 19.1. The quantitative estimate of drug-likeness (QED) is 0.105. The largest absolute Gasteiger partial charge is 0.480 e. The van der Waals surface area contributed by atoms with Crippen LogP contribution >= 0.6 is 57.9 Å². The fourth-order valence-electron chi connectivity index (χ4n) is 4.19. The smallest absolute Gasteiger partial charge is 0.352 e. The molecule has 14 heteroatoms. The van der Waals surface area contributed by atoms with Crippen LogP contribution < -0.4 is 15.6 Å². The van der Waals surface area contributed by atoms with Gasteiger partial charge in [0.1, 0.15) is 29.7 Å². The number of aryl methyl sites for hydroxylation is 1. The zero-order chi connectivity index (χ0) is 28.8. The van der Waals surface area contributed by atoms with Crippen molar-refractivity contribution in [3.8, 4) is 0 Å². The van der Waals surface area contributed by atoms with Gasteiger partial charge in [-0.25, -0.2) is 9.36 Å². The molecule has 2 amide bonds. The molecule has 0 spiro atoms. The van der Waals surface area contributed by atoms with Crippen molar-refractivity contribution in [1.82, 2.24) is 10.2 Å². The maximum Gasteiger partial charge on any atom is 0.352 e. The Morgan fingerprint density at radius 3 is 2.60 bits per heavy atom. The average molecular weight is 716 g/mol. The number of nitrogens with two attached hydrogens (primary N) is 1. The number of carbonyl (C=O) groups excluding carboxylic acids is 2. The molecule has 1 saturated heterocycles. The van der Waals surface area contributed by atoms with Gasteiger partial charge in [-0.2, -0.15) is 0 Å². The number of benzene rings is 1. The number of carboxylic acid groups (broad SMARTS) is 2. The minimum atomic E-state index is -1.15. The van der Waals surface area contributed by atoms with Gasteiger partial charge in [0.05, 0.1) is 5.75 Å². The Kier molecular flexibility index (Phi) is 10.8. The molecule has 5 N–H and O–H groups in total. The van der Waals surface area contributed by atoms with E-state index in [0.29, 0.717) is 36.5 Å². The number of nitrogens with zero attached hydrogens (tertiary/aromatic N) is 2. The minimum absolute atomic E-state index is 0.000694. The van der Waals surface area contributed by atoms with E-state index in [0.717, 1.165) is 13.4 Å². The molecule has 3 heterocycles. The van der Waals surface area contributed by atoms with Crippen LogP contribution in [0.4, 0.5) is 0 Å². The van der Waals surface area contributed by atoms with E-state index < -0.39 is 35.3 Å². The minimum Gasteiger partial charge on any atom is -0.480 e. The first kappa shape index (κ1) is 30.7. The van der Waals surface area contributed by atoms with Crippen molar-refractivity contribution in [2.75, 3.05) is 17.3 Å². The molecule has 4 rings (SSSR count). The van der Waals surface area contributed by atoms with Crippen molar-refractivity contribution in [3.63, 3.8) is 0 Å². The lowest BCUT2D eigenvalue weighted by molar-refractivity contribution is -0.697. The molecule has 1 aromatic heterocycles. The number of aromatic nitrogens is 1. The average Bonchev–Trinajstić information content (AvgIpc) is 2.93. The highest BCUT2D eigenvalue weighted by molar-refractivity contribution is 14.1. The molecule has 0 saturated carbocycles. The van der Waals surface area contributed by atoms with Gasteiger partial charge in [-0.15, -0.1) is 35.3 Å². The first-order valence-corrected chi connectivity index (χ1v) is 16.4. The summed E-state index contributed by atoms with van der Waals surface area (Å²) in [5.41, 5.74) is 6.20. The SMILES string of the molecule is N[C@@H](CCC[n+]1ccc(SCC2=C(C(=O)O)N3C(=O)[C@H](NC(=O)CSc4cccc(I)c4)[C@H]3SC2)cc1)C(=O)O. The molecule has 10 nitrogen and oxygen atoms in total. The van der Waals surface area contributed by atoms with Crippen LogP contribution in [0.25, 0.3) is 0 Å². The number of pyridine rings is 1. The zero-order valence-electron chi connectivity index (χ0n) is 21.2. The molecular weight excluding hydrogens is 687 g/mol. The second-order valence-corrected chi connectivity index (χ2v) is 13.6. The van der Waals surface area contributed by atoms with E-state index in [2.05, 4.69) is 27.9 Å². The van der Waals surface area contributed by atoms with Crippen molar-refractivity contribution >= 4 is 81.6 Å². The number of hydrogen-bond acceptors (Lipinski definition) is 8. The number of thioether (sulfide) groups is 3. The van der Waals surface area contributed by atoms with Crippen molar-refractivity contribution in [2.24, 2.45) is 5.73 Å². The lowest BCUT2D eigenvalue weighted by Gasteiger charge is -2.49. The number of rotatable bonds is 13. The van der Waals surface area contributed by atoms with Gasteiger partial charge in [0, 0.05) is 43.4 Å². The lowest BCUT2D eigenvalue weighted by Crippen LogP contribution is -2.70. The first-order valence-electron chi connectivity index (χ1n) is 12.3. The highest BCUT2D eigenvalue weighted by Gasteiger charge is 2.54. The molecule has 212 valence electrons. The number of nitrogens with one attached hydrogen (secondary N) is 1. The van der Waals surface area contributed by atoms with Crippen LogP contribution in [0.5, 0.6) is 0 Å². The second kappa shape index (κ2) is 14.1. The van der Waals surface area contributed by atoms with Gasteiger partial charge >= 0.3 is 11.9 Å². The highest BCUT2D eigenvalue weighted by Crippen LogP contribution is 2.41. The molecule has 2 aliphatic heterocycles. The van der Waals surface area contributed by atoms with Gasteiger partial charge in [-0.05, 0) is 52.8 Å². The van der Waals surface area contributed by atoms with Crippen molar-refractivity contribution < 1.29 is 34.0 Å². The van der Waals surface area contributed by atoms with E-state index in [1.54, 1.807) is 0 Å². The summed E-state index contributed by atoms with van der Waals surface area (Å²) >= 11 is 6.52. The van der Waals surface area contributed by atoms with E-state index in [4.69, 9.17) is 10.8 Å². The summed E-state index contributed by atoms with van der Waals surface area (Å²) in [4.78, 5) is 51.6. The topological polar surface area (TPSA) is 154 Å². The molecule has 0 unspecified atom stereocenters. The summed E-state index contributed by atoms with van der Waals surface area (Å²) < 4.78 is 3.01. The van der Waals surface area contributed by atoms with Crippen molar-refractivity contribution in [2.45, 2.75) is 46.6 Å². The second-order valence-electron chi connectivity index (χ2n) is 9.11. The van der Waals surface area contributed by atoms with Gasteiger partial charge < -0.3 is 21.3 Å². The molecule has 0 radical (unpaired) electrons. The number of hydrogen-bond donors (Lipinski definition) is 4. The number of carboxylic acids is 2. The van der Waals surface area contributed by atoms with E-state index in [-0.39, 0.29) is 17.4 Å². The molecule has 1 aromatic carbocycles. The van der Waals surface area contributed by atoms with Gasteiger partial charge in [0.15, 0.2) is 12.4 Å². The summed E-state index contributed by atoms with van der Waals surface area (Å²) in [5, 5.41) is 21.1. The Labute approximate surface area is 257 Å². The van der Waals surface area contributed by atoms with E-state index in [1.807, 2.05) is 53.4 Å². The van der Waals surface area contributed by atoms with Crippen molar-refractivity contribution in [1.29, 1.82) is 0 Å². The fourth-order valence-corrected chi connectivity index (χ4v) is 8.08. The molecule has 2 aromatic rings. The molecule has 40 heavy (non-hydrogen) atoms. The van der Waals surface area contributed by atoms with E-state index >= 15 is 0 Å². The van der Waals surface area contributed by atoms with Crippen LogP contribution in [0.2, 0.25) is 0 Å². The van der Waals surface area contributed by atoms with Gasteiger partial charge in [0.25, 0.3) is 5.91 Å². The Balaban J connectivity index is 1.30. The molecule has 0 aliphatic carbocycles. The molecule has 0 bridgehead atoms. The standard InChI is InChI=1S/C26H27IN4O6S3/c27-16-3-1-4-18(11-16)39-14-20(32)29-21-23(33)31-22(26(36)37)15(13-40-24(21)31)12-38-17-6-9-30(10-7-17)8-2-5-19(28)25(34)35/h1,3-4,6-7,9-11,19,21,24H,2,5,8,12-14,28H2,(H2-,29,32,34,35,36,37)/p+1/t19-,21-,24+/m0/s1. The third-order valence-electron chi connectivity index (χ3n) is 6.25. The fraction of sp³-hybridized carbons (Fsp3) is 0.346. The van der Waals surface area contributed by atoms with E-state index in [1.165, 1.54) is 40.2 Å². The Hall–Kier alpha value is -2.27. The highest BCUT2D eigenvalue weighted by atomic mass is 127. The molecule has 3 atom stereocenters. The number of carbonyl (C=O) groups is 4. The van der Waals surface area contributed by atoms with Crippen molar-refractivity contribution in [3.05, 3.63) is 63.6 Å². The Morgan fingerprint density at radius 2 is 1.93 bits per heavy atom. The van der Waals surface area contributed by atoms with Crippen LogP contribution in [-0.4, -0.2) is 73.6 Å². The van der Waals surface area contributed by atoms with Gasteiger partial charge in [-0.1, -0.05) is 6.07 Å². The maximum absolute atomic E-state index is 12.9. The summed E-state index contributed by atoms with van der Waals surface area (Å²) in [6.45, 7) is 0.636. The number of amides is 2. The number of β-lactam (4-membered cyclic amide) rings is 1. The third-order valence-corrected chi connectivity index (χ3v) is 10.4. The summed E-state index contributed by atoms with van der Waals surface area (Å²) in [6, 6.07) is 10.00. The van der Waals surface area contributed by atoms with Gasteiger partial charge in [0.2, 0.25) is 5.91 Å². The Bertz CT molecular complexity index is 1330. The number of aliphatic carboxylic acids is 2. The van der Waals surface area contributed by atoms with Crippen LogP contribution in [0, 0.1) is 3.57 Å². The number of fused-ring (bicyclic) bond motifs is 1. The monoisotopic (exact) mass is 715 g/mol. The summed E-state index contributed by atoms with van der Waals surface area (Å²) in [6.07, 6.45) is 4.79. The molecule has 1 fully saturated rings. The van der Waals surface area contributed by atoms with Crippen LogP contribution in [0.3, 0.4) is 0 Å². The Morgan fingerprint density at radius 1 is 1.18 bits per heavy atom. The van der Waals surface area contributed by atoms with Gasteiger partial charge in [-0.3, -0.25) is 19.3 Å². The van der Waals surface area contributed by atoms with Crippen LogP contribution in [-0.2, 0) is 25.7 Å². The first-order chi connectivity index (χ1) is 19.1. The number of halogens is 1. The van der Waals surface area contributed by atoms with Crippen LogP contribution in [0.1, 0.15) is 12.8 Å². The van der Waals surface area contributed by atoms with Crippen LogP contribution in [0.15, 0.2) is 69.9 Å². The predicted octanol–water partition coefficient (Wildman–Crippen LogP) is 2.39. The van der Waals surface area contributed by atoms with E-state index in [9.17, 15) is 24.3 Å². The zero-order valence-corrected chi connectivity index (χ0v) is 25.8. The lowest BCUT2D eigenvalue weighted by atomic mass is 10.0. The predicted molar refractivity (Wildman–Crippen MR) is 162 cm³/mol. The molecular formula is C26H28IN4O6S3+.